The van der Waals surface area contributed by atoms with Crippen molar-refractivity contribution in [1.82, 2.24) is 19.7 Å². The zero-order valence-corrected chi connectivity index (χ0v) is 15.3. The predicted octanol–water partition coefficient (Wildman–Crippen LogP) is 4.83. The van der Waals surface area contributed by atoms with Gasteiger partial charge in [-0.3, -0.25) is 0 Å². The summed E-state index contributed by atoms with van der Waals surface area (Å²) in [5.74, 6) is 1.29. The molecule has 0 N–H and O–H groups in total. The number of methoxy groups -OCH3 is 1. The molecule has 130 valence electrons. The summed E-state index contributed by atoms with van der Waals surface area (Å²) in [6, 6.07) is 3.84. The molecule has 0 bridgehead atoms. The van der Waals surface area contributed by atoms with Gasteiger partial charge in [-0.15, -0.1) is 0 Å². The zero-order valence-electron chi connectivity index (χ0n) is 14.5. The first kappa shape index (κ1) is 16.3. The van der Waals surface area contributed by atoms with Crippen LogP contribution in [0.5, 0.6) is 5.75 Å². The van der Waals surface area contributed by atoms with E-state index in [1.54, 1.807) is 13.3 Å². The number of ether oxygens (including phenoxy) is 1. The molecule has 3 heterocycles. The predicted molar refractivity (Wildman–Crippen MR) is 99.2 cm³/mol. The Hall–Kier alpha value is -2.14. The number of hydrogen-bond donors (Lipinski definition) is 0. The molecule has 0 saturated heterocycles. The van der Waals surface area contributed by atoms with Crippen molar-refractivity contribution in [3.63, 3.8) is 0 Å². The first-order chi connectivity index (χ1) is 12.2. The van der Waals surface area contributed by atoms with E-state index in [1.165, 1.54) is 12.8 Å². The van der Waals surface area contributed by atoms with E-state index < -0.39 is 0 Å². The Labute approximate surface area is 152 Å². The summed E-state index contributed by atoms with van der Waals surface area (Å²) in [5, 5.41) is 5.97. The monoisotopic (exact) mass is 356 g/mol. The smallest absolute Gasteiger partial charge is 0.158 e. The first-order valence-electron chi connectivity index (χ1n) is 8.78. The van der Waals surface area contributed by atoms with Crippen molar-refractivity contribution in [2.45, 2.75) is 45.1 Å². The average molecular weight is 357 g/mol. The SMILES string of the molecule is CCn1ncc2c(-c3ccnc(Cl)c3)c(OC)c(C3CCCC3)nc21. The second-order valence-electron chi connectivity index (χ2n) is 6.45. The lowest BCUT2D eigenvalue weighted by atomic mass is 9.96. The Balaban J connectivity index is 2.05. The van der Waals surface area contributed by atoms with Crippen LogP contribution in [-0.4, -0.2) is 26.9 Å². The zero-order chi connectivity index (χ0) is 17.4. The minimum atomic E-state index is 0.440. The average Bonchev–Trinajstić information content (AvgIpc) is 3.29. The van der Waals surface area contributed by atoms with Crippen molar-refractivity contribution < 1.29 is 4.74 Å². The van der Waals surface area contributed by atoms with Crippen LogP contribution in [0.3, 0.4) is 0 Å². The fourth-order valence-corrected chi connectivity index (χ4v) is 4.02. The summed E-state index contributed by atoms with van der Waals surface area (Å²) in [6.45, 7) is 2.86. The van der Waals surface area contributed by atoms with Gasteiger partial charge in [0.15, 0.2) is 5.65 Å². The van der Waals surface area contributed by atoms with Crippen molar-refractivity contribution in [2.75, 3.05) is 7.11 Å². The number of nitrogens with zero attached hydrogens (tertiary/aromatic N) is 4. The van der Waals surface area contributed by atoms with Crippen LogP contribution in [0.15, 0.2) is 24.5 Å². The van der Waals surface area contributed by atoms with E-state index in [-0.39, 0.29) is 0 Å². The van der Waals surface area contributed by atoms with Crippen molar-refractivity contribution in [3.8, 4) is 16.9 Å². The van der Waals surface area contributed by atoms with Crippen molar-refractivity contribution in [2.24, 2.45) is 0 Å². The number of aromatic nitrogens is 4. The van der Waals surface area contributed by atoms with E-state index >= 15 is 0 Å². The molecule has 1 aliphatic carbocycles. The van der Waals surface area contributed by atoms with Crippen LogP contribution in [-0.2, 0) is 6.54 Å². The van der Waals surface area contributed by atoms with Gasteiger partial charge in [0.25, 0.3) is 0 Å². The quantitative estimate of drug-likeness (QED) is 0.628. The maximum atomic E-state index is 6.15. The van der Waals surface area contributed by atoms with Crippen LogP contribution in [0.2, 0.25) is 5.15 Å². The first-order valence-corrected chi connectivity index (χ1v) is 9.16. The van der Waals surface area contributed by atoms with E-state index in [2.05, 4.69) is 17.0 Å². The van der Waals surface area contributed by atoms with Gasteiger partial charge in [0.05, 0.1) is 24.4 Å². The maximum Gasteiger partial charge on any atom is 0.158 e. The molecule has 6 heteroatoms. The molecule has 3 aromatic rings. The summed E-state index contributed by atoms with van der Waals surface area (Å²) >= 11 is 6.15. The lowest BCUT2D eigenvalue weighted by Gasteiger charge is -2.18. The fraction of sp³-hybridized carbons (Fsp3) is 0.421. The van der Waals surface area contributed by atoms with E-state index in [4.69, 9.17) is 21.3 Å². The molecule has 1 aliphatic rings. The van der Waals surface area contributed by atoms with Crippen LogP contribution in [0.25, 0.3) is 22.2 Å². The van der Waals surface area contributed by atoms with Gasteiger partial charge >= 0.3 is 0 Å². The van der Waals surface area contributed by atoms with E-state index in [9.17, 15) is 0 Å². The number of fused-ring (bicyclic) bond motifs is 1. The Morgan fingerprint density at radius 2 is 2.12 bits per heavy atom. The van der Waals surface area contributed by atoms with Crippen molar-refractivity contribution in [3.05, 3.63) is 35.4 Å². The minimum absolute atomic E-state index is 0.440. The number of rotatable bonds is 4. The van der Waals surface area contributed by atoms with Gasteiger partial charge in [-0.25, -0.2) is 14.6 Å². The Kier molecular flexibility index (Phi) is 4.34. The van der Waals surface area contributed by atoms with Crippen LogP contribution in [0, 0.1) is 0 Å². The molecule has 25 heavy (non-hydrogen) atoms. The Morgan fingerprint density at radius 1 is 1.32 bits per heavy atom. The molecule has 0 aliphatic heterocycles. The third kappa shape index (κ3) is 2.76. The van der Waals surface area contributed by atoms with Crippen LogP contribution in [0.1, 0.15) is 44.2 Å². The van der Waals surface area contributed by atoms with Crippen molar-refractivity contribution >= 4 is 22.6 Å². The van der Waals surface area contributed by atoms with Gasteiger partial charge in [0.2, 0.25) is 0 Å². The summed E-state index contributed by atoms with van der Waals surface area (Å²) in [4.78, 5) is 9.10. The lowest BCUT2D eigenvalue weighted by molar-refractivity contribution is 0.404. The molecule has 0 spiro atoms. The minimum Gasteiger partial charge on any atom is -0.494 e. The third-order valence-electron chi connectivity index (χ3n) is 5.03. The fourth-order valence-electron chi connectivity index (χ4n) is 3.85. The molecule has 3 aromatic heterocycles. The van der Waals surface area contributed by atoms with Crippen molar-refractivity contribution in [1.29, 1.82) is 0 Å². The largest absolute Gasteiger partial charge is 0.494 e. The number of pyridine rings is 2. The van der Waals surface area contributed by atoms with E-state index in [0.29, 0.717) is 11.1 Å². The highest BCUT2D eigenvalue weighted by Gasteiger charge is 2.27. The van der Waals surface area contributed by atoms with Gasteiger partial charge < -0.3 is 4.74 Å². The van der Waals surface area contributed by atoms with Gasteiger partial charge in [-0.1, -0.05) is 24.4 Å². The molecule has 0 unspecified atom stereocenters. The van der Waals surface area contributed by atoms with Gasteiger partial charge in [-0.2, -0.15) is 5.10 Å². The molecule has 5 nitrogen and oxygen atoms in total. The normalized spacial score (nSPS) is 15.2. The Bertz CT molecular complexity index is 915. The molecular formula is C19H21ClN4O. The Morgan fingerprint density at radius 3 is 2.80 bits per heavy atom. The molecule has 0 amide bonds. The second-order valence-corrected chi connectivity index (χ2v) is 6.84. The number of halogens is 1. The molecule has 1 saturated carbocycles. The lowest BCUT2D eigenvalue weighted by Crippen LogP contribution is -2.06. The second kappa shape index (κ2) is 6.64. The van der Waals surface area contributed by atoms with E-state index in [0.717, 1.165) is 53.0 Å². The third-order valence-corrected chi connectivity index (χ3v) is 5.23. The van der Waals surface area contributed by atoms with Gasteiger partial charge in [0, 0.05) is 24.2 Å². The molecule has 4 rings (SSSR count). The van der Waals surface area contributed by atoms with Crippen LogP contribution in [0.4, 0.5) is 0 Å². The standard InChI is InChI=1S/C19H21ClN4O/c1-3-24-19-14(11-22-24)16(13-8-9-21-15(20)10-13)18(25-2)17(23-19)12-6-4-5-7-12/h8-12H,3-7H2,1-2H3. The highest BCUT2D eigenvalue weighted by molar-refractivity contribution is 6.29. The number of hydrogen-bond acceptors (Lipinski definition) is 4. The summed E-state index contributed by atoms with van der Waals surface area (Å²) in [7, 11) is 1.72. The highest BCUT2D eigenvalue weighted by Crippen LogP contribution is 2.45. The van der Waals surface area contributed by atoms with Crippen LogP contribution < -0.4 is 4.74 Å². The molecule has 0 radical (unpaired) electrons. The summed E-state index contributed by atoms with van der Waals surface area (Å²) < 4.78 is 7.82. The summed E-state index contributed by atoms with van der Waals surface area (Å²) in [6.07, 6.45) is 8.41. The van der Waals surface area contributed by atoms with Gasteiger partial charge in [0.1, 0.15) is 10.9 Å². The topological polar surface area (TPSA) is 52.8 Å². The summed E-state index contributed by atoms with van der Waals surface area (Å²) in [5.41, 5.74) is 3.95. The molecule has 1 fully saturated rings. The maximum absolute atomic E-state index is 6.15. The number of aryl methyl sites for hydroxylation is 1. The van der Waals surface area contributed by atoms with Gasteiger partial charge in [-0.05, 0) is 37.5 Å². The van der Waals surface area contributed by atoms with Crippen LogP contribution >= 0.6 is 11.6 Å². The molecule has 0 atom stereocenters. The van der Waals surface area contributed by atoms with E-state index in [1.807, 2.05) is 23.0 Å². The molecule has 0 aromatic carbocycles. The molecular weight excluding hydrogens is 336 g/mol. The highest BCUT2D eigenvalue weighted by atomic mass is 35.5.